The molecule has 4 rings (SSSR count). The fraction of sp³-hybridized carbons (Fsp3) is 0.800. The summed E-state index contributed by atoms with van der Waals surface area (Å²) in [4.78, 5) is 24.4. The summed E-state index contributed by atoms with van der Waals surface area (Å²) in [5.41, 5.74) is 1.58. The Morgan fingerprint density at radius 1 is 1.05 bits per heavy atom. The molecule has 4 aliphatic rings. The van der Waals surface area contributed by atoms with Crippen LogP contribution in [0.4, 0.5) is 0 Å². The van der Waals surface area contributed by atoms with Gasteiger partial charge < -0.3 is 0 Å². The van der Waals surface area contributed by atoms with E-state index in [0.29, 0.717) is 41.7 Å². The van der Waals surface area contributed by atoms with Gasteiger partial charge in [0, 0.05) is 18.3 Å². The van der Waals surface area contributed by atoms with Crippen molar-refractivity contribution in [3.8, 4) is 0 Å². The molecule has 0 saturated heterocycles. The second kappa shape index (κ2) is 4.55. The van der Waals surface area contributed by atoms with Gasteiger partial charge in [-0.2, -0.15) is 0 Å². The van der Waals surface area contributed by atoms with E-state index in [2.05, 4.69) is 20.8 Å². The molecule has 0 unspecified atom stereocenters. The van der Waals surface area contributed by atoms with Crippen LogP contribution in [-0.2, 0) is 9.59 Å². The predicted molar refractivity (Wildman–Crippen MR) is 86.3 cm³/mol. The van der Waals surface area contributed by atoms with Crippen molar-refractivity contribution in [3.63, 3.8) is 0 Å². The van der Waals surface area contributed by atoms with Crippen LogP contribution in [0.25, 0.3) is 0 Å². The van der Waals surface area contributed by atoms with Gasteiger partial charge in [-0.3, -0.25) is 9.59 Å². The van der Waals surface area contributed by atoms with E-state index in [4.69, 9.17) is 0 Å². The molecule has 0 aromatic rings. The smallest absolute Gasteiger partial charge is 0.155 e. The normalized spacial score (nSPS) is 51.0. The third-order valence-corrected chi connectivity index (χ3v) is 8.22. The van der Waals surface area contributed by atoms with Crippen molar-refractivity contribution in [2.24, 2.45) is 34.5 Å². The third-order valence-electron chi connectivity index (χ3n) is 8.22. The molecule has 6 atom stereocenters. The van der Waals surface area contributed by atoms with Crippen molar-refractivity contribution >= 4 is 11.6 Å². The van der Waals surface area contributed by atoms with Crippen LogP contribution in [0.3, 0.4) is 0 Å². The minimum atomic E-state index is -0.0352. The van der Waals surface area contributed by atoms with E-state index in [9.17, 15) is 9.59 Å². The van der Waals surface area contributed by atoms with E-state index in [0.717, 1.165) is 25.7 Å². The molecule has 2 nitrogen and oxygen atoms in total. The Bertz CT molecular complexity index is 574. The van der Waals surface area contributed by atoms with Crippen LogP contribution in [0.2, 0.25) is 0 Å². The van der Waals surface area contributed by atoms with E-state index >= 15 is 0 Å². The molecule has 2 heteroatoms. The number of ketones is 2. The molecule has 22 heavy (non-hydrogen) atoms. The number of Topliss-reactive ketones (excluding diaryl/α,β-unsaturated/α-hetero) is 1. The van der Waals surface area contributed by atoms with Crippen LogP contribution >= 0.6 is 0 Å². The van der Waals surface area contributed by atoms with Crippen LogP contribution in [0.1, 0.15) is 65.7 Å². The molecule has 0 amide bonds. The predicted octanol–water partition coefficient (Wildman–Crippen LogP) is 4.33. The van der Waals surface area contributed by atoms with Crippen molar-refractivity contribution in [2.75, 3.05) is 0 Å². The number of carbonyl (C=O) groups is 2. The van der Waals surface area contributed by atoms with E-state index in [1.807, 2.05) is 6.08 Å². The van der Waals surface area contributed by atoms with Gasteiger partial charge in [0.1, 0.15) is 5.78 Å². The maximum absolute atomic E-state index is 12.4. The maximum atomic E-state index is 12.4. The molecule has 0 aromatic heterocycles. The molecule has 0 bridgehead atoms. The topological polar surface area (TPSA) is 34.1 Å². The van der Waals surface area contributed by atoms with E-state index in [-0.39, 0.29) is 10.8 Å². The monoisotopic (exact) mass is 300 g/mol. The zero-order valence-electron chi connectivity index (χ0n) is 14.2. The summed E-state index contributed by atoms with van der Waals surface area (Å²) in [5.74, 6) is 3.28. The highest BCUT2D eigenvalue weighted by Crippen LogP contribution is 2.65. The van der Waals surface area contributed by atoms with E-state index < -0.39 is 0 Å². The summed E-state index contributed by atoms with van der Waals surface area (Å²) in [7, 11) is 0. The summed E-state index contributed by atoms with van der Waals surface area (Å²) in [5, 5.41) is 0. The van der Waals surface area contributed by atoms with Crippen LogP contribution in [0.5, 0.6) is 0 Å². The van der Waals surface area contributed by atoms with Crippen molar-refractivity contribution in [1.29, 1.82) is 0 Å². The van der Waals surface area contributed by atoms with Gasteiger partial charge in [0.15, 0.2) is 5.78 Å². The van der Waals surface area contributed by atoms with Gasteiger partial charge in [0.05, 0.1) is 0 Å². The Labute approximate surface area is 133 Å². The van der Waals surface area contributed by atoms with Gasteiger partial charge in [-0.15, -0.1) is 0 Å². The van der Waals surface area contributed by atoms with Crippen LogP contribution in [0.15, 0.2) is 11.6 Å². The summed E-state index contributed by atoms with van der Waals surface area (Å²) in [6.45, 7) is 6.94. The first-order valence-electron chi connectivity index (χ1n) is 9.14. The molecule has 0 N–H and O–H groups in total. The molecule has 0 aromatic carbocycles. The highest BCUT2D eigenvalue weighted by atomic mass is 16.1. The van der Waals surface area contributed by atoms with Gasteiger partial charge in [-0.25, -0.2) is 0 Å². The summed E-state index contributed by atoms with van der Waals surface area (Å²) >= 11 is 0. The summed E-state index contributed by atoms with van der Waals surface area (Å²) in [6.07, 6.45) is 9.12. The van der Waals surface area contributed by atoms with Crippen LogP contribution < -0.4 is 0 Å². The Hall–Kier alpha value is -0.920. The first kappa shape index (κ1) is 14.7. The molecule has 3 saturated carbocycles. The Morgan fingerprint density at radius 3 is 2.59 bits per heavy atom. The second-order valence-corrected chi connectivity index (χ2v) is 8.86. The lowest BCUT2D eigenvalue weighted by molar-refractivity contribution is -0.133. The van der Waals surface area contributed by atoms with E-state index in [1.54, 1.807) is 0 Å². The summed E-state index contributed by atoms with van der Waals surface area (Å²) in [6, 6.07) is 0. The Balaban J connectivity index is 1.73. The zero-order chi connectivity index (χ0) is 15.7. The number of rotatable bonds is 0. The highest BCUT2D eigenvalue weighted by molar-refractivity contribution is 5.92. The average molecular weight is 300 g/mol. The van der Waals surface area contributed by atoms with Crippen LogP contribution in [0, 0.1) is 34.5 Å². The van der Waals surface area contributed by atoms with Gasteiger partial charge in [0.2, 0.25) is 0 Å². The van der Waals surface area contributed by atoms with Gasteiger partial charge in [0.25, 0.3) is 0 Å². The molecule has 0 heterocycles. The standard InChI is InChI=1S/C20H28O2/c1-12-10-14(21)11-13-4-5-15-16-6-7-18(22)19(16,2)9-8-17(15)20(12,13)3/h11-12,15-17H,4-10H2,1-3H3/t12-,15-,16-,17-,19-,20-/m0/s1. The molecular weight excluding hydrogens is 272 g/mol. The molecule has 0 spiro atoms. The lowest BCUT2D eigenvalue weighted by atomic mass is 9.45. The number of allylic oxidation sites excluding steroid dienone is 1. The highest BCUT2D eigenvalue weighted by Gasteiger charge is 2.60. The number of hydrogen-bond donors (Lipinski definition) is 0. The lowest BCUT2D eigenvalue weighted by Gasteiger charge is -2.58. The minimum absolute atomic E-state index is 0.0352. The zero-order valence-corrected chi connectivity index (χ0v) is 14.2. The number of carbonyl (C=O) groups excluding carboxylic acids is 2. The molecular formula is C20H28O2. The van der Waals surface area contributed by atoms with Gasteiger partial charge in [-0.1, -0.05) is 26.3 Å². The van der Waals surface area contributed by atoms with Crippen molar-refractivity contribution in [3.05, 3.63) is 11.6 Å². The second-order valence-electron chi connectivity index (χ2n) is 8.86. The Morgan fingerprint density at radius 2 is 1.82 bits per heavy atom. The average Bonchev–Trinajstić information content (AvgIpc) is 2.77. The molecule has 0 aliphatic heterocycles. The molecule has 4 aliphatic carbocycles. The summed E-state index contributed by atoms with van der Waals surface area (Å²) < 4.78 is 0. The van der Waals surface area contributed by atoms with Crippen molar-refractivity contribution in [1.82, 2.24) is 0 Å². The maximum Gasteiger partial charge on any atom is 0.155 e. The van der Waals surface area contributed by atoms with Crippen LogP contribution in [-0.4, -0.2) is 11.6 Å². The van der Waals surface area contributed by atoms with Crippen molar-refractivity contribution < 1.29 is 9.59 Å². The lowest BCUT2D eigenvalue weighted by Crippen LogP contribution is -2.53. The quantitative estimate of drug-likeness (QED) is 0.667. The fourth-order valence-corrected chi connectivity index (χ4v) is 6.71. The van der Waals surface area contributed by atoms with Gasteiger partial charge in [-0.05, 0) is 67.3 Å². The molecule has 3 fully saturated rings. The largest absolute Gasteiger partial charge is 0.299 e. The molecule has 120 valence electrons. The fourth-order valence-electron chi connectivity index (χ4n) is 6.71. The first-order chi connectivity index (χ1) is 10.4. The van der Waals surface area contributed by atoms with E-state index in [1.165, 1.54) is 18.4 Å². The first-order valence-corrected chi connectivity index (χ1v) is 9.14. The van der Waals surface area contributed by atoms with Gasteiger partial charge >= 0.3 is 0 Å². The third kappa shape index (κ3) is 1.67. The minimum Gasteiger partial charge on any atom is -0.299 e. The molecule has 0 radical (unpaired) electrons. The SMILES string of the molecule is C[C@H]1CC(=O)C=C2CC[C@@H]3[C@H](CC[C@]4(C)C(=O)CC[C@@H]34)[C@]21C. The number of hydrogen-bond acceptors (Lipinski definition) is 2. The number of fused-ring (bicyclic) bond motifs is 5. The Kier molecular flexibility index (Phi) is 3.03. The van der Waals surface area contributed by atoms with Crippen molar-refractivity contribution in [2.45, 2.75) is 65.7 Å².